The predicted molar refractivity (Wildman–Crippen MR) is 111 cm³/mol. The Hall–Kier alpha value is -1.70. The summed E-state index contributed by atoms with van der Waals surface area (Å²) in [6.07, 6.45) is 0. The molecule has 3 rings (SSSR count). The molecule has 1 aliphatic rings. The van der Waals surface area contributed by atoms with E-state index in [4.69, 9.17) is 14.6 Å². The fraction of sp³-hybridized carbons (Fsp3) is 0.350. The van der Waals surface area contributed by atoms with Crippen LogP contribution in [-0.4, -0.2) is 36.1 Å². The minimum Gasteiger partial charge on any atom is -0.489 e. The number of carbonyl (C=O) groups is 1. The number of para-hydroxylation sites is 1. The van der Waals surface area contributed by atoms with Crippen LogP contribution in [0.4, 0.5) is 0 Å². The van der Waals surface area contributed by atoms with E-state index in [-0.39, 0.29) is 5.37 Å². The molecule has 2 N–H and O–H groups in total. The topological polar surface area (TPSA) is 67.8 Å². The average molecular weight is 452 g/mol. The summed E-state index contributed by atoms with van der Waals surface area (Å²) in [5.74, 6) is 1.40. The van der Waals surface area contributed by atoms with Crippen LogP contribution in [0.15, 0.2) is 40.9 Å². The molecule has 2 unspecified atom stereocenters. The minimum absolute atomic E-state index is 0.0242. The fourth-order valence-electron chi connectivity index (χ4n) is 2.93. The highest BCUT2D eigenvalue weighted by molar-refractivity contribution is 9.10. The summed E-state index contributed by atoms with van der Waals surface area (Å²) in [4.78, 5) is 11.1. The summed E-state index contributed by atoms with van der Waals surface area (Å²) in [5.41, 5.74) is 3.25. The number of hydrogen-bond donors (Lipinski definition) is 2. The highest BCUT2D eigenvalue weighted by Crippen LogP contribution is 2.36. The normalized spacial score (nSPS) is 19.1. The lowest BCUT2D eigenvalue weighted by Crippen LogP contribution is -2.33. The molecular formula is C20H22BrNO4S. The number of aryl methyl sites for hydroxylation is 2. The van der Waals surface area contributed by atoms with Gasteiger partial charge in [-0.3, -0.25) is 10.1 Å². The van der Waals surface area contributed by atoms with Crippen molar-refractivity contribution in [3.8, 4) is 11.5 Å². The van der Waals surface area contributed by atoms with Gasteiger partial charge in [-0.05, 0) is 58.6 Å². The van der Waals surface area contributed by atoms with Crippen molar-refractivity contribution in [2.75, 3.05) is 19.0 Å². The summed E-state index contributed by atoms with van der Waals surface area (Å²) < 4.78 is 12.5. The van der Waals surface area contributed by atoms with Crippen molar-refractivity contribution in [1.82, 2.24) is 5.32 Å². The Balaban J connectivity index is 1.53. The van der Waals surface area contributed by atoms with E-state index in [1.54, 1.807) is 11.8 Å². The Kier molecular flexibility index (Phi) is 6.68. The van der Waals surface area contributed by atoms with Crippen molar-refractivity contribution in [2.45, 2.75) is 25.3 Å². The van der Waals surface area contributed by atoms with Crippen LogP contribution >= 0.6 is 27.7 Å². The van der Waals surface area contributed by atoms with E-state index in [1.165, 1.54) is 0 Å². The molecule has 2 aromatic carbocycles. The summed E-state index contributed by atoms with van der Waals surface area (Å²) in [7, 11) is 0. The molecule has 1 fully saturated rings. The molecule has 0 aliphatic carbocycles. The Morgan fingerprint density at radius 1 is 1.22 bits per heavy atom. The first-order valence-electron chi connectivity index (χ1n) is 8.67. The quantitative estimate of drug-likeness (QED) is 0.611. The lowest BCUT2D eigenvalue weighted by Gasteiger charge is -2.15. The van der Waals surface area contributed by atoms with E-state index < -0.39 is 12.0 Å². The van der Waals surface area contributed by atoms with Crippen molar-refractivity contribution < 1.29 is 19.4 Å². The Labute approximate surface area is 171 Å². The number of carboxylic acids is 1. The number of hydrogen-bond acceptors (Lipinski definition) is 5. The maximum atomic E-state index is 11.1. The zero-order chi connectivity index (χ0) is 19.4. The lowest BCUT2D eigenvalue weighted by atomic mass is 10.1. The largest absolute Gasteiger partial charge is 0.489 e. The van der Waals surface area contributed by atoms with Crippen LogP contribution in [0.5, 0.6) is 11.5 Å². The van der Waals surface area contributed by atoms with Gasteiger partial charge in [-0.25, -0.2) is 0 Å². The van der Waals surface area contributed by atoms with Crippen LogP contribution in [0.1, 0.15) is 22.1 Å². The molecule has 1 heterocycles. The number of rotatable bonds is 7. The van der Waals surface area contributed by atoms with Gasteiger partial charge in [0.05, 0.1) is 9.85 Å². The highest BCUT2D eigenvalue weighted by Gasteiger charge is 2.30. The standard InChI is InChI=1S/C20H22BrNO4S/c1-12-4-3-5-13(2)18(12)26-9-8-25-17-7-6-14(10-15(17)21)19-22-16(11-27-19)20(23)24/h3-7,10,16,19,22H,8-9,11H2,1-2H3,(H,23,24). The number of thioether (sulfide) groups is 1. The third-order valence-electron chi connectivity index (χ3n) is 4.33. The smallest absolute Gasteiger partial charge is 0.321 e. The van der Waals surface area contributed by atoms with Crippen LogP contribution in [0.25, 0.3) is 0 Å². The molecule has 1 aliphatic heterocycles. The monoisotopic (exact) mass is 451 g/mol. The summed E-state index contributed by atoms with van der Waals surface area (Å²) >= 11 is 5.13. The number of ether oxygens (including phenoxy) is 2. The van der Waals surface area contributed by atoms with E-state index in [9.17, 15) is 4.79 Å². The summed E-state index contributed by atoms with van der Waals surface area (Å²) in [6.45, 7) is 4.95. The van der Waals surface area contributed by atoms with Crippen molar-refractivity contribution in [1.29, 1.82) is 0 Å². The second-order valence-electron chi connectivity index (χ2n) is 6.38. The molecule has 0 saturated carbocycles. The lowest BCUT2D eigenvalue weighted by molar-refractivity contribution is -0.138. The third kappa shape index (κ3) is 4.97. The molecule has 5 nitrogen and oxygen atoms in total. The zero-order valence-corrected chi connectivity index (χ0v) is 17.6. The van der Waals surface area contributed by atoms with Gasteiger partial charge in [0.25, 0.3) is 0 Å². The molecule has 0 bridgehead atoms. The van der Waals surface area contributed by atoms with Crippen molar-refractivity contribution >= 4 is 33.7 Å². The van der Waals surface area contributed by atoms with E-state index in [0.29, 0.717) is 19.0 Å². The molecule has 2 atom stereocenters. The minimum atomic E-state index is -0.812. The van der Waals surface area contributed by atoms with Crippen molar-refractivity contribution in [2.24, 2.45) is 0 Å². The fourth-order valence-corrected chi connectivity index (χ4v) is 4.66. The van der Waals surface area contributed by atoms with Crippen LogP contribution in [0.3, 0.4) is 0 Å². The molecule has 0 aromatic heterocycles. The average Bonchev–Trinajstić information content (AvgIpc) is 3.12. The molecular weight excluding hydrogens is 430 g/mol. The number of carboxylic acid groups (broad SMARTS) is 1. The maximum Gasteiger partial charge on any atom is 0.321 e. The number of nitrogens with one attached hydrogen (secondary N) is 1. The highest BCUT2D eigenvalue weighted by atomic mass is 79.9. The van der Waals surface area contributed by atoms with Crippen molar-refractivity contribution in [3.05, 3.63) is 57.6 Å². The van der Waals surface area contributed by atoms with Gasteiger partial charge >= 0.3 is 5.97 Å². The first-order valence-corrected chi connectivity index (χ1v) is 10.5. The van der Waals surface area contributed by atoms with Crippen LogP contribution in [0.2, 0.25) is 0 Å². The molecule has 0 radical (unpaired) electrons. The van der Waals surface area contributed by atoms with E-state index in [1.807, 2.05) is 50.2 Å². The molecule has 144 valence electrons. The van der Waals surface area contributed by atoms with Gasteiger partial charge in [0.2, 0.25) is 0 Å². The summed E-state index contributed by atoms with van der Waals surface area (Å²) in [6, 6.07) is 11.4. The molecule has 1 saturated heterocycles. The van der Waals surface area contributed by atoms with Crippen LogP contribution in [0, 0.1) is 13.8 Å². The predicted octanol–water partition coefficient (Wildman–Crippen LogP) is 4.31. The maximum absolute atomic E-state index is 11.1. The van der Waals surface area contributed by atoms with Crippen LogP contribution in [-0.2, 0) is 4.79 Å². The van der Waals surface area contributed by atoms with E-state index in [0.717, 1.165) is 32.7 Å². The number of benzene rings is 2. The Morgan fingerprint density at radius 3 is 2.56 bits per heavy atom. The van der Waals surface area contributed by atoms with Gasteiger partial charge in [0.15, 0.2) is 0 Å². The van der Waals surface area contributed by atoms with Gasteiger partial charge in [-0.1, -0.05) is 24.3 Å². The Morgan fingerprint density at radius 2 is 1.93 bits per heavy atom. The van der Waals surface area contributed by atoms with Gasteiger partial charge in [-0.15, -0.1) is 11.8 Å². The van der Waals surface area contributed by atoms with Crippen LogP contribution < -0.4 is 14.8 Å². The molecule has 27 heavy (non-hydrogen) atoms. The Bertz CT molecular complexity index is 809. The number of aliphatic carboxylic acids is 1. The van der Waals surface area contributed by atoms with Crippen molar-refractivity contribution in [3.63, 3.8) is 0 Å². The zero-order valence-electron chi connectivity index (χ0n) is 15.2. The second kappa shape index (κ2) is 8.99. The van der Waals surface area contributed by atoms with E-state index in [2.05, 4.69) is 21.2 Å². The van der Waals surface area contributed by atoms with E-state index >= 15 is 0 Å². The third-order valence-corrected chi connectivity index (χ3v) is 6.22. The molecule has 2 aromatic rings. The van der Waals surface area contributed by atoms with Gasteiger partial charge in [-0.2, -0.15) is 0 Å². The van der Waals surface area contributed by atoms with Gasteiger partial charge in [0.1, 0.15) is 30.8 Å². The first-order chi connectivity index (χ1) is 13.0. The van der Waals surface area contributed by atoms with Gasteiger partial charge < -0.3 is 14.6 Å². The van der Waals surface area contributed by atoms with Gasteiger partial charge in [0, 0.05) is 5.75 Å². The molecule has 7 heteroatoms. The first kappa shape index (κ1) is 20.0. The number of halogens is 1. The second-order valence-corrected chi connectivity index (χ2v) is 8.37. The SMILES string of the molecule is Cc1cccc(C)c1OCCOc1ccc(C2NC(C(=O)O)CS2)cc1Br. The summed E-state index contributed by atoms with van der Waals surface area (Å²) in [5, 5.41) is 12.2. The molecule has 0 amide bonds. The molecule has 0 spiro atoms.